The molecular weight excluding hydrogens is 486 g/mol. The Bertz CT molecular complexity index is 1300. The van der Waals surface area contributed by atoms with Gasteiger partial charge < -0.3 is 15.0 Å². The van der Waals surface area contributed by atoms with Gasteiger partial charge in [-0.25, -0.2) is 17.7 Å². The van der Waals surface area contributed by atoms with Crippen LogP contribution in [0.25, 0.3) is 10.9 Å². The normalized spacial score (nSPS) is 17.2. The van der Waals surface area contributed by atoms with Gasteiger partial charge in [0.25, 0.3) is 5.56 Å². The van der Waals surface area contributed by atoms with E-state index in [-0.39, 0.29) is 36.9 Å². The minimum atomic E-state index is -3.58. The van der Waals surface area contributed by atoms with Crippen molar-refractivity contribution in [1.29, 1.82) is 0 Å². The largest absolute Gasteiger partial charge is 0.379 e. The molecule has 3 aromatic rings. The van der Waals surface area contributed by atoms with E-state index < -0.39 is 16.1 Å². The predicted molar refractivity (Wildman–Crippen MR) is 135 cm³/mol. The average Bonchev–Trinajstić information content (AvgIpc) is 2.73. The quantitative estimate of drug-likeness (QED) is 0.521. The van der Waals surface area contributed by atoms with Gasteiger partial charge in [0, 0.05) is 40.4 Å². The summed E-state index contributed by atoms with van der Waals surface area (Å²) >= 11 is 6.08. The summed E-state index contributed by atoms with van der Waals surface area (Å²) < 4.78 is 31.8. The van der Waals surface area contributed by atoms with Crippen molar-refractivity contribution in [2.75, 3.05) is 29.1 Å². The van der Waals surface area contributed by atoms with Crippen molar-refractivity contribution >= 4 is 57.8 Å². The van der Waals surface area contributed by atoms with Crippen LogP contribution in [0.1, 0.15) is 31.4 Å². The lowest BCUT2D eigenvalue weighted by atomic mass is 10.1. The van der Waals surface area contributed by atoms with E-state index in [1.54, 1.807) is 37.3 Å². The molecule has 1 aliphatic heterocycles. The van der Waals surface area contributed by atoms with Gasteiger partial charge in [-0.15, -0.1) is 0 Å². The van der Waals surface area contributed by atoms with Gasteiger partial charge in [-0.2, -0.15) is 18.5 Å². The number of fused-ring (bicyclic) bond motifs is 1. The minimum absolute atomic E-state index is 0. The highest BCUT2D eigenvalue weighted by Gasteiger charge is 2.30. The number of aromatic amines is 1. The number of rotatable bonds is 6. The molecule has 0 saturated carbocycles. The first-order chi connectivity index (χ1) is 15.2. The first-order valence-electron chi connectivity index (χ1n) is 10.2. The second-order valence-electron chi connectivity index (χ2n) is 7.82. The minimum Gasteiger partial charge on any atom is -0.379 e. The number of hydrogen-bond acceptors (Lipinski definition) is 7. The second kappa shape index (κ2) is 10.3. The Morgan fingerprint density at radius 2 is 2.09 bits per heavy atom. The fourth-order valence-electron chi connectivity index (χ4n) is 3.87. The molecule has 1 aromatic carbocycles. The van der Waals surface area contributed by atoms with Crippen molar-refractivity contribution in [3.63, 3.8) is 0 Å². The maximum Gasteiger partial charge on any atom is 0.253 e. The third-order valence-electron chi connectivity index (χ3n) is 5.34. The van der Waals surface area contributed by atoms with E-state index in [1.807, 2.05) is 0 Å². The van der Waals surface area contributed by atoms with Crippen LogP contribution in [0.4, 0.5) is 11.8 Å². The molecule has 0 radical (unpaired) electrons. The molecule has 2 aromatic heterocycles. The molecule has 1 aliphatic rings. The Balaban J connectivity index is 0.00000306. The van der Waals surface area contributed by atoms with E-state index >= 15 is 0 Å². The number of aromatic nitrogens is 3. The molecule has 2 atom stereocenters. The topological polar surface area (TPSA) is 117 Å². The fourth-order valence-corrected chi connectivity index (χ4v) is 5.20. The molecule has 0 aliphatic carbocycles. The van der Waals surface area contributed by atoms with Gasteiger partial charge in [0.1, 0.15) is 5.82 Å². The average molecular weight is 512 g/mol. The molecule has 12 heteroatoms. The molecule has 9 nitrogen and oxygen atoms in total. The molecule has 1 unspecified atom stereocenters. The zero-order chi connectivity index (χ0) is 22.9. The van der Waals surface area contributed by atoms with Crippen LogP contribution >= 0.6 is 25.1 Å². The van der Waals surface area contributed by atoms with Gasteiger partial charge >= 0.3 is 0 Å². The summed E-state index contributed by atoms with van der Waals surface area (Å²) in [5.74, 6) is 0.470. The number of pyridine rings is 1. The lowest BCUT2D eigenvalue weighted by molar-refractivity contribution is 0.0834. The van der Waals surface area contributed by atoms with Crippen molar-refractivity contribution in [3.8, 4) is 0 Å². The van der Waals surface area contributed by atoms with Gasteiger partial charge in [0.2, 0.25) is 16.0 Å². The number of hydrogen-bond donors (Lipinski definition) is 2. The predicted octanol–water partition coefficient (Wildman–Crippen LogP) is 3.20. The van der Waals surface area contributed by atoms with E-state index in [9.17, 15) is 13.2 Å². The highest BCUT2D eigenvalue weighted by Crippen LogP contribution is 2.25. The maximum absolute atomic E-state index is 12.6. The molecule has 1 saturated heterocycles. The van der Waals surface area contributed by atoms with Crippen molar-refractivity contribution < 1.29 is 13.2 Å². The zero-order valence-electron chi connectivity index (χ0n) is 18.2. The Hall–Kier alpha value is -2.34. The number of ether oxygens (including phenoxy) is 1. The van der Waals surface area contributed by atoms with E-state index in [2.05, 4.69) is 20.3 Å². The van der Waals surface area contributed by atoms with Crippen molar-refractivity contribution in [2.45, 2.75) is 31.8 Å². The summed E-state index contributed by atoms with van der Waals surface area (Å²) in [5, 5.41) is 4.47. The van der Waals surface area contributed by atoms with Gasteiger partial charge in [-0.3, -0.25) is 4.79 Å². The highest BCUT2D eigenvalue weighted by molar-refractivity contribution is 7.92. The Kier molecular flexibility index (Phi) is 7.88. The smallest absolute Gasteiger partial charge is 0.253 e. The number of anilines is 2. The van der Waals surface area contributed by atoms with Crippen LogP contribution in [0.15, 0.2) is 41.3 Å². The summed E-state index contributed by atoms with van der Waals surface area (Å²) in [7, 11) is -3.58. The summed E-state index contributed by atoms with van der Waals surface area (Å²) in [6.07, 6.45) is 4.10. The molecule has 178 valence electrons. The van der Waals surface area contributed by atoms with Crippen LogP contribution in [0.2, 0.25) is 5.02 Å². The third kappa shape index (κ3) is 5.78. The van der Waals surface area contributed by atoms with E-state index in [0.717, 1.165) is 18.1 Å². The lowest BCUT2D eigenvalue weighted by Crippen LogP contribution is -2.45. The SMILES string of the molecule is C[C@H](Nc1nccc(N(C2CCCOC2)S(C)(=O)=O)n1)c1cc2cc(Cl)ccc2[nH]c1=O.S. The lowest BCUT2D eigenvalue weighted by Gasteiger charge is -2.33. The summed E-state index contributed by atoms with van der Waals surface area (Å²) in [6, 6.07) is 7.79. The molecule has 0 bridgehead atoms. The van der Waals surface area contributed by atoms with Crippen molar-refractivity contribution in [2.24, 2.45) is 0 Å². The van der Waals surface area contributed by atoms with E-state index in [4.69, 9.17) is 16.3 Å². The van der Waals surface area contributed by atoms with Gasteiger partial charge in [0.15, 0.2) is 0 Å². The summed E-state index contributed by atoms with van der Waals surface area (Å²) in [4.78, 5) is 24.1. The van der Waals surface area contributed by atoms with Crippen LogP contribution in [0, 0.1) is 0 Å². The van der Waals surface area contributed by atoms with Crippen LogP contribution < -0.4 is 15.2 Å². The van der Waals surface area contributed by atoms with Crippen LogP contribution in [0.3, 0.4) is 0 Å². The van der Waals surface area contributed by atoms with Gasteiger partial charge in [-0.05, 0) is 44.0 Å². The Morgan fingerprint density at radius 1 is 1.30 bits per heavy atom. The molecular formula is C21H26ClN5O4S2. The van der Waals surface area contributed by atoms with Crippen LogP contribution in [0.5, 0.6) is 0 Å². The monoisotopic (exact) mass is 511 g/mol. The maximum atomic E-state index is 12.6. The number of nitrogens with zero attached hydrogens (tertiary/aromatic N) is 3. The summed E-state index contributed by atoms with van der Waals surface area (Å²) in [6.45, 7) is 2.74. The molecule has 1 fully saturated rings. The molecule has 2 N–H and O–H groups in total. The number of H-pyrrole nitrogens is 1. The van der Waals surface area contributed by atoms with E-state index in [0.29, 0.717) is 35.7 Å². The van der Waals surface area contributed by atoms with Gasteiger partial charge in [0.05, 0.1) is 24.9 Å². The standard InChI is InChI=1S/C21H24ClN5O4S.H2S/c1-13(17-11-14-10-15(22)5-6-18(14)25-20(17)28)24-21-23-8-7-19(26-21)27(32(2,29)30)16-4-3-9-31-12-16;/h5-8,10-11,13,16H,3-4,9,12H2,1-2H3,(H,25,28)(H,23,24,26);1H2/t13-,16?;/m0./s1. The zero-order valence-corrected chi connectivity index (χ0v) is 20.8. The Morgan fingerprint density at radius 3 is 2.79 bits per heavy atom. The van der Waals surface area contributed by atoms with Crippen molar-refractivity contribution in [1.82, 2.24) is 15.0 Å². The number of sulfonamides is 1. The molecule has 4 rings (SSSR count). The number of nitrogens with one attached hydrogen (secondary N) is 2. The molecule has 3 heterocycles. The van der Waals surface area contributed by atoms with Crippen LogP contribution in [-0.2, 0) is 14.8 Å². The number of benzene rings is 1. The fraction of sp³-hybridized carbons (Fsp3) is 0.381. The summed E-state index contributed by atoms with van der Waals surface area (Å²) in [5.41, 5.74) is 0.926. The molecule has 33 heavy (non-hydrogen) atoms. The number of halogens is 1. The molecule has 0 amide bonds. The Labute approximate surface area is 204 Å². The third-order valence-corrected chi connectivity index (χ3v) is 6.77. The molecule has 0 spiro atoms. The second-order valence-corrected chi connectivity index (χ2v) is 10.1. The van der Waals surface area contributed by atoms with E-state index in [1.165, 1.54) is 10.5 Å². The van der Waals surface area contributed by atoms with Crippen molar-refractivity contribution in [3.05, 3.63) is 57.5 Å². The highest BCUT2D eigenvalue weighted by atomic mass is 35.5. The first-order valence-corrected chi connectivity index (χ1v) is 12.4. The van der Waals surface area contributed by atoms with Crippen LogP contribution in [-0.4, -0.2) is 48.9 Å². The first kappa shape index (κ1) is 25.3. The van der Waals surface area contributed by atoms with Gasteiger partial charge in [-0.1, -0.05) is 11.6 Å².